The molecular formula is C16H29N3O. The molecule has 0 radical (unpaired) electrons. The van der Waals surface area contributed by atoms with Gasteiger partial charge in [-0.1, -0.05) is 6.42 Å². The molecule has 0 aromatic rings. The van der Waals surface area contributed by atoms with Crippen LogP contribution in [0.2, 0.25) is 0 Å². The van der Waals surface area contributed by atoms with Crippen molar-refractivity contribution in [3.8, 4) is 0 Å². The van der Waals surface area contributed by atoms with Gasteiger partial charge in [-0.05, 0) is 64.7 Å². The van der Waals surface area contributed by atoms with Crippen molar-refractivity contribution in [3.05, 3.63) is 0 Å². The van der Waals surface area contributed by atoms with Crippen molar-refractivity contribution in [2.24, 2.45) is 5.92 Å². The van der Waals surface area contributed by atoms with Gasteiger partial charge in [-0.25, -0.2) is 0 Å². The molecule has 0 bridgehead atoms. The van der Waals surface area contributed by atoms with Gasteiger partial charge < -0.3 is 15.1 Å². The quantitative estimate of drug-likeness (QED) is 0.849. The molecule has 3 unspecified atom stereocenters. The largest absolute Gasteiger partial charge is 0.339 e. The molecule has 0 aliphatic carbocycles. The van der Waals surface area contributed by atoms with Gasteiger partial charge in [0.25, 0.3) is 0 Å². The Hall–Kier alpha value is -0.610. The Morgan fingerprint density at radius 3 is 3.00 bits per heavy atom. The summed E-state index contributed by atoms with van der Waals surface area (Å²) in [5.41, 5.74) is 0. The molecule has 0 saturated carbocycles. The topological polar surface area (TPSA) is 35.6 Å². The minimum absolute atomic E-state index is 0.409. The number of fused-ring (bicyclic) bond motifs is 1. The summed E-state index contributed by atoms with van der Waals surface area (Å²) in [5, 5.41) is 3.49. The van der Waals surface area contributed by atoms with Crippen molar-refractivity contribution in [1.82, 2.24) is 15.1 Å². The van der Waals surface area contributed by atoms with Gasteiger partial charge in [0.2, 0.25) is 5.91 Å². The molecule has 0 spiro atoms. The van der Waals surface area contributed by atoms with Crippen molar-refractivity contribution in [1.29, 1.82) is 0 Å². The second-order valence-electron chi connectivity index (χ2n) is 6.86. The summed E-state index contributed by atoms with van der Waals surface area (Å²) < 4.78 is 0. The highest BCUT2D eigenvalue weighted by atomic mass is 16.2. The molecule has 4 nitrogen and oxygen atoms in total. The number of nitrogens with zero attached hydrogens (tertiary/aromatic N) is 2. The first-order valence-corrected chi connectivity index (χ1v) is 8.46. The lowest BCUT2D eigenvalue weighted by Crippen LogP contribution is -2.55. The van der Waals surface area contributed by atoms with E-state index in [2.05, 4.69) is 22.2 Å². The third-order valence-corrected chi connectivity index (χ3v) is 5.64. The van der Waals surface area contributed by atoms with E-state index >= 15 is 0 Å². The van der Waals surface area contributed by atoms with Crippen molar-refractivity contribution < 1.29 is 4.79 Å². The predicted octanol–water partition coefficient (Wildman–Crippen LogP) is 1.46. The zero-order chi connectivity index (χ0) is 13.9. The van der Waals surface area contributed by atoms with Gasteiger partial charge in [0.15, 0.2) is 0 Å². The molecule has 3 rings (SSSR count). The van der Waals surface area contributed by atoms with Gasteiger partial charge in [0, 0.05) is 25.0 Å². The highest BCUT2D eigenvalue weighted by Gasteiger charge is 2.37. The average Bonchev–Trinajstić information content (AvgIpc) is 2.48. The summed E-state index contributed by atoms with van der Waals surface area (Å²) in [6.45, 7) is 4.40. The lowest BCUT2D eigenvalue weighted by Gasteiger charge is -2.45. The van der Waals surface area contributed by atoms with E-state index in [9.17, 15) is 4.79 Å². The van der Waals surface area contributed by atoms with E-state index in [1.165, 1.54) is 32.2 Å². The molecule has 0 aromatic carbocycles. The van der Waals surface area contributed by atoms with Gasteiger partial charge in [-0.15, -0.1) is 0 Å². The van der Waals surface area contributed by atoms with Crippen molar-refractivity contribution in [2.75, 3.05) is 33.2 Å². The first-order valence-electron chi connectivity index (χ1n) is 8.46. The number of hydrogen-bond acceptors (Lipinski definition) is 3. The molecular weight excluding hydrogens is 250 g/mol. The maximum atomic E-state index is 12.3. The third kappa shape index (κ3) is 3.01. The number of hydrogen-bond donors (Lipinski definition) is 1. The summed E-state index contributed by atoms with van der Waals surface area (Å²) in [6, 6.07) is 1.21. The number of carbonyl (C=O) groups excluding carboxylic acids is 1. The Morgan fingerprint density at radius 2 is 2.15 bits per heavy atom. The minimum atomic E-state index is 0.409. The second kappa shape index (κ2) is 6.44. The minimum Gasteiger partial charge on any atom is -0.339 e. The molecule has 3 aliphatic rings. The Labute approximate surface area is 122 Å². The summed E-state index contributed by atoms with van der Waals surface area (Å²) in [6.07, 6.45) is 8.19. The van der Waals surface area contributed by atoms with E-state index in [-0.39, 0.29) is 0 Å². The van der Waals surface area contributed by atoms with Crippen LogP contribution in [0.5, 0.6) is 0 Å². The monoisotopic (exact) mass is 279 g/mol. The third-order valence-electron chi connectivity index (χ3n) is 5.64. The molecule has 1 amide bonds. The number of rotatable bonds is 3. The molecule has 3 heterocycles. The average molecular weight is 279 g/mol. The van der Waals surface area contributed by atoms with Crippen LogP contribution < -0.4 is 5.32 Å². The fourth-order valence-corrected chi connectivity index (χ4v) is 4.34. The van der Waals surface area contributed by atoms with Gasteiger partial charge in [0.05, 0.1) is 0 Å². The van der Waals surface area contributed by atoms with Crippen LogP contribution in [0.3, 0.4) is 0 Å². The molecule has 3 fully saturated rings. The smallest absolute Gasteiger partial charge is 0.222 e. The maximum absolute atomic E-state index is 12.3. The Bertz CT molecular complexity index is 347. The van der Waals surface area contributed by atoms with E-state index in [0.717, 1.165) is 38.9 Å². The molecule has 1 N–H and O–H groups in total. The Kier molecular flexibility index (Phi) is 4.61. The fourth-order valence-electron chi connectivity index (χ4n) is 4.34. The number of likely N-dealkylation sites (tertiary alicyclic amines) is 2. The Morgan fingerprint density at radius 1 is 1.25 bits per heavy atom. The zero-order valence-electron chi connectivity index (χ0n) is 12.8. The van der Waals surface area contributed by atoms with E-state index in [1.807, 2.05) is 0 Å². The van der Waals surface area contributed by atoms with Crippen LogP contribution in [0, 0.1) is 5.92 Å². The molecule has 3 atom stereocenters. The van der Waals surface area contributed by atoms with E-state index < -0.39 is 0 Å². The SMILES string of the molecule is CN1CCCCC1CCN1C(=O)CCC2CNCCC21. The predicted molar refractivity (Wildman–Crippen MR) is 80.6 cm³/mol. The molecule has 0 aromatic heterocycles. The summed E-state index contributed by atoms with van der Waals surface area (Å²) in [7, 11) is 2.25. The first-order chi connectivity index (χ1) is 9.75. The van der Waals surface area contributed by atoms with Crippen LogP contribution in [0.15, 0.2) is 0 Å². The van der Waals surface area contributed by atoms with Crippen LogP contribution in [0.25, 0.3) is 0 Å². The number of amides is 1. The molecule has 3 aliphatic heterocycles. The van der Waals surface area contributed by atoms with Gasteiger partial charge >= 0.3 is 0 Å². The van der Waals surface area contributed by atoms with Crippen molar-refractivity contribution >= 4 is 5.91 Å². The Balaban J connectivity index is 1.57. The lowest BCUT2D eigenvalue weighted by atomic mass is 9.84. The summed E-state index contributed by atoms with van der Waals surface area (Å²) in [4.78, 5) is 17.0. The number of carbonyl (C=O) groups is 1. The molecule has 4 heteroatoms. The van der Waals surface area contributed by atoms with E-state index in [0.29, 0.717) is 23.9 Å². The van der Waals surface area contributed by atoms with Gasteiger partial charge in [0.1, 0.15) is 0 Å². The standard InChI is InChI=1S/C16H29N3O/c1-18-10-3-2-4-14(18)8-11-19-15-7-9-17-12-13(15)5-6-16(19)20/h13-15,17H,2-12H2,1H3. The van der Waals surface area contributed by atoms with E-state index in [4.69, 9.17) is 0 Å². The normalized spacial score (nSPS) is 36.0. The maximum Gasteiger partial charge on any atom is 0.222 e. The fraction of sp³-hybridized carbons (Fsp3) is 0.938. The number of nitrogens with one attached hydrogen (secondary N) is 1. The van der Waals surface area contributed by atoms with Crippen LogP contribution in [-0.2, 0) is 4.79 Å². The van der Waals surface area contributed by atoms with Crippen LogP contribution in [0.1, 0.15) is 44.9 Å². The summed E-state index contributed by atoms with van der Waals surface area (Å²) in [5.74, 6) is 1.11. The number of piperidine rings is 3. The van der Waals surface area contributed by atoms with Crippen LogP contribution >= 0.6 is 0 Å². The van der Waals surface area contributed by atoms with Gasteiger partial charge in [-0.3, -0.25) is 4.79 Å². The molecule has 114 valence electrons. The zero-order valence-corrected chi connectivity index (χ0v) is 12.8. The lowest BCUT2D eigenvalue weighted by molar-refractivity contribution is -0.140. The first kappa shape index (κ1) is 14.3. The van der Waals surface area contributed by atoms with Crippen LogP contribution in [0.4, 0.5) is 0 Å². The summed E-state index contributed by atoms with van der Waals surface area (Å²) >= 11 is 0. The van der Waals surface area contributed by atoms with Crippen molar-refractivity contribution in [3.63, 3.8) is 0 Å². The van der Waals surface area contributed by atoms with Crippen molar-refractivity contribution in [2.45, 2.75) is 57.0 Å². The second-order valence-corrected chi connectivity index (χ2v) is 6.86. The molecule has 20 heavy (non-hydrogen) atoms. The van der Waals surface area contributed by atoms with Gasteiger partial charge in [-0.2, -0.15) is 0 Å². The highest BCUT2D eigenvalue weighted by Crippen LogP contribution is 2.29. The van der Waals surface area contributed by atoms with Crippen LogP contribution in [-0.4, -0.2) is 61.0 Å². The van der Waals surface area contributed by atoms with E-state index in [1.54, 1.807) is 0 Å². The highest BCUT2D eigenvalue weighted by molar-refractivity contribution is 5.77. The molecule has 3 saturated heterocycles.